The lowest BCUT2D eigenvalue weighted by molar-refractivity contribution is -0.135. The molecule has 2 heterocycles. The summed E-state index contributed by atoms with van der Waals surface area (Å²) in [5.74, 6) is -0.208. The summed E-state index contributed by atoms with van der Waals surface area (Å²) in [4.78, 5) is 16.7. The number of imidazole rings is 1. The molecule has 3 aromatic rings. The number of aryl methyl sites for hydroxylation is 1. The van der Waals surface area contributed by atoms with Crippen molar-refractivity contribution in [1.29, 1.82) is 0 Å². The van der Waals surface area contributed by atoms with Gasteiger partial charge in [-0.25, -0.2) is 4.98 Å². The molecule has 2 aromatic carbocycles. The average molecular weight is 493 g/mol. The third kappa shape index (κ3) is 7.03. The second-order valence-corrected chi connectivity index (χ2v) is 9.34. The molecule has 3 N–H and O–H groups in total. The predicted molar refractivity (Wildman–Crippen MR) is 124 cm³/mol. The van der Waals surface area contributed by atoms with E-state index in [4.69, 9.17) is 21.3 Å². The first kappa shape index (κ1) is 24.7. The summed E-state index contributed by atoms with van der Waals surface area (Å²) in [6, 6.07) is 14.0. The molecule has 0 atom stereocenters. The highest BCUT2D eigenvalue weighted by atomic mass is 35.5. The fraction of sp³-hybridized carbons (Fsp3) is 0.273. The van der Waals surface area contributed by atoms with Crippen LogP contribution in [0.3, 0.4) is 0 Å². The van der Waals surface area contributed by atoms with Crippen molar-refractivity contribution in [2.45, 2.75) is 24.5 Å². The highest BCUT2D eigenvalue weighted by molar-refractivity contribution is 7.85. The number of halogens is 1. The second kappa shape index (κ2) is 10.8. The molecule has 0 fully saturated rings. The fourth-order valence-electron chi connectivity index (χ4n) is 3.30. The van der Waals surface area contributed by atoms with Crippen molar-refractivity contribution in [2.24, 2.45) is 7.05 Å². The van der Waals surface area contributed by atoms with E-state index in [1.54, 1.807) is 11.9 Å². The highest BCUT2D eigenvalue weighted by Gasteiger charge is 2.20. The number of carbonyl (C=O) groups excluding carboxylic acids is 1. The van der Waals surface area contributed by atoms with Gasteiger partial charge in [0, 0.05) is 43.6 Å². The van der Waals surface area contributed by atoms with Crippen molar-refractivity contribution in [2.75, 3.05) is 18.5 Å². The molecule has 0 radical (unpaired) electrons. The predicted octanol–water partition coefficient (Wildman–Crippen LogP) is 2.50. The summed E-state index contributed by atoms with van der Waals surface area (Å²) < 4.78 is 30.5. The van der Waals surface area contributed by atoms with Crippen LogP contribution in [0.4, 0.5) is 5.69 Å². The molecule has 0 unspecified atom stereocenters. The van der Waals surface area contributed by atoms with Crippen molar-refractivity contribution in [1.82, 2.24) is 14.5 Å². The van der Waals surface area contributed by atoms with Crippen LogP contribution in [0.1, 0.15) is 16.7 Å². The van der Waals surface area contributed by atoms with E-state index in [1.165, 1.54) is 28.2 Å². The molecule has 1 aliphatic rings. The maximum Gasteiger partial charge on any atom is 0.313 e. The van der Waals surface area contributed by atoms with E-state index in [1.807, 2.05) is 30.3 Å². The average Bonchev–Trinajstić information content (AvgIpc) is 3.25. The van der Waals surface area contributed by atoms with Gasteiger partial charge in [0.15, 0.2) is 5.03 Å². The van der Waals surface area contributed by atoms with Gasteiger partial charge in [0.05, 0.1) is 6.33 Å². The van der Waals surface area contributed by atoms with Crippen LogP contribution in [-0.4, -0.2) is 51.6 Å². The highest BCUT2D eigenvalue weighted by Crippen LogP contribution is 2.23. The zero-order valence-corrected chi connectivity index (χ0v) is 19.6. The van der Waals surface area contributed by atoms with Crippen molar-refractivity contribution in [3.8, 4) is 0 Å². The zero-order valence-electron chi connectivity index (χ0n) is 18.0. The summed E-state index contributed by atoms with van der Waals surface area (Å²) in [7, 11) is -2.50. The minimum atomic E-state index is -4.11. The van der Waals surface area contributed by atoms with Gasteiger partial charge in [-0.1, -0.05) is 29.8 Å². The van der Waals surface area contributed by atoms with Gasteiger partial charge in [-0.05, 0) is 47.4 Å². The molecule has 0 bridgehead atoms. The van der Waals surface area contributed by atoms with Crippen LogP contribution in [0.15, 0.2) is 60.0 Å². The molecular weight excluding hydrogens is 468 g/mol. The molecule has 0 saturated carbocycles. The fourth-order valence-corrected chi connectivity index (χ4v) is 3.91. The molecule has 11 heteroatoms. The SMILES string of the molecule is Cn1cnc(S(=O)(=O)O)c1.O=C(CO)N1CCc2cc(NCc3ccc(Cl)cc3)ccc2C1. The van der Waals surface area contributed by atoms with Gasteiger partial charge in [0.2, 0.25) is 5.91 Å². The Morgan fingerprint density at radius 3 is 2.48 bits per heavy atom. The van der Waals surface area contributed by atoms with Gasteiger partial charge in [0.25, 0.3) is 0 Å². The number of aliphatic hydroxyl groups excluding tert-OH is 1. The molecule has 0 aliphatic carbocycles. The number of carbonyl (C=O) groups is 1. The topological polar surface area (TPSA) is 125 Å². The Labute approximate surface area is 197 Å². The van der Waals surface area contributed by atoms with Crippen molar-refractivity contribution >= 4 is 33.3 Å². The second-order valence-electron chi connectivity index (χ2n) is 7.54. The Balaban J connectivity index is 0.000000257. The molecule has 176 valence electrons. The first-order valence-electron chi connectivity index (χ1n) is 10.1. The molecule has 0 spiro atoms. The van der Waals surface area contributed by atoms with E-state index < -0.39 is 16.7 Å². The third-order valence-electron chi connectivity index (χ3n) is 5.06. The standard InChI is InChI=1S/C18H19ClN2O2.C4H6N2O3S/c19-16-4-1-13(2-5-16)10-20-17-6-3-15-11-21(18(23)12-22)8-7-14(15)9-17;1-6-2-4(5-3-6)10(7,8)9/h1-6,9,20,22H,7-8,10-12H2;2-3H,1H3,(H,7,8,9). The summed E-state index contributed by atoms with van der Waals surface area (Å²) in [6.07, 6.45) is 3.33. The summed E-state index contributed by atoms with van der Waals surface area (Å²) in [5.41, 5.74) is 4.65. The van der Waals surface area contributed by atoms with Gasteiger partial charge in [-0.2, -0.15) is 8.42 Å². The summed E-state index contributed by atoms with van der Waals surface area (Å²) >= 11 is 5.89. The van der Waals surface area contributed by atoms with E-state index in [9.17, 15) is 13.2 Å². The Morgan fingerprint density at radius 2 is 1.91 bits per heavy atom. The minimum Gasteiger partial charge on any atom is -0.387 e. The van der Waals surface area contributed by atoms with Crippen LogP contribution in [0, 0.1) is 0 Å². The maximum atomic E-state index is 11.6. The smallest absolute Gasteiger partial charge is 0.313 e. The lowest BCUT2D eigenvalue weighted by atomic mass is 9.99. The number of aliphatic hydroxyl groups is 1. The van der Waals surface area contributed by atoms with E-state index in [0.29, 0.717) is 13.1 Å². The number of benzene rings is 2. The molecule has 33 heavy (non-hydrogen) atoms. The van der Waals surface area contributed by atoms with Crippen LogP contribution in [-0.2, 0) is 41.5 Å². The molecule has 1 aliphatic heterocycles. The van der Waals surface area contributed by atoms with E-state index >= 15 is 0 Å². The number of rotatable bonds is 5. The zero-order chi connectivity index (χ0) is 24.0. The van der Waals surface area contributed by atoms with Crippen LogP contribution in [0.2, 0.25) is 5.02 Å². The summed E-state index contributed by atoms with van der Waals surface area (Å²) in [6.45, 7) is 1.56. The molecule has 1 aromatic heterocycles. The van der Waals surface area contributed by atoms with Crippen molar-refractivity contribution in [3.05, 3.63) is 76.7 Å². The normalized spacial score (nSPS) is 13.0. The largest absolute Gasteiger partial charge is 0.387 e. The van der Waals surface area contributed by atoms with Gasteiger partial charge in [-0.3, -0.25) is 9.35 Å². The van der Waals surface area contributed by atoms with Crippen molar-refractivity contribution in [3.63, 3.8) is 0 Å². The van der Waals surface area contributed by atoms with Gasteiger partial charge in [-0.15, -0.1) is 0 Å². The molecule has 9 nitrogen and oxygen atoms in total. The monoisotopic (exact) mass is 492 g/mol. The lowest BCUT2D eigenvalue weighted by Crippen LogP contribution is -2.37. The number of fused-ring (bicyclic) bond motifs is 1. The number of nitrogens with one attached hydrogen (secondary N) is 1. The van der Waals surface area contributed by atoms with Crippen LogP contribution >= 0.6 is 11.6 Å². The molecule has 0 saturated heterocycles. The number of hydrogen-bond donors (Lipinski definition) is 3. The maximum absolute atomic E-state index is 11.6. The number of hydrogen-bond acceptors (Lipinski definition) is 6. The lowest BCUT2D eigenvalue weighted by Gasteiger charge is -2.28. The van der Waals surface area contributed by atoms with Crippen molar-refractivity contribution < 1.29 is 22.9 Å². The molecule has 4 rings (SSSR count). The Kier molecular flexibility index (Phi) is 8.09. The molecule has 1 amide bonds. The van der Waals surface area contributed by atoms with E-state index in [2.05, 4.69) is 22.4 Å². The minimum absolute atomic E-state index is 0.208. The molecular formula is C22H25ClN4O5S. The number of aromatic nitrogens is 2. The Hall–Kier alpha value is -2.92. The Bertz CT molecular complexity index is 1210. The first-order chi connectivity index (χ1) is 15.7. The Morgan fingerprint density at radius 1 is 1.18 bits per heavy atom. The number of anilines is 1. The first-order valence-corrected chi connectivity index (χ1v) is 11.9. The van der Waals surface area contributed by atoms with Crippen LogP contribution in [0.5, 0.6) is 0 Å². The van der Waals surface area contributed by atoms with E-state index in [-0.39, 0.29) is 10.9 Å². The van der Waals surface area contributed by atoms with Crippen LogP contribution < -0.4 is 5.32 Å². The number of nitrogens with zero attached hydrogens (tertiary/aromatic N) is 3. The quantitative estimate of drug-likeness (QED) is 0.467. The number of amides is 1. The van der Waals surface area contributed by atoms with Gasteiger partial charge >= 0.3 is 10.1 Å². The summed E-state index contributed by atoms with van der Waals surface area (Å²) in [5, 5.41) is 12.8. The van der Waals surface area contributed by atoms with Crippen LogP contribution in [0.25, 0.3) is 0 Å². The van der Waals surface area contributed by atoms with Gasteiger partial charge in [0.1, 0.15) is 6.61 Å². The third-order valence-corrected chi connectivity index (χ3v) is 6.05. The van der Waals surface area contributed by atoms with Gasteiger partial charge < -0.3 is 19.9 Å². The van der Waals surface area contributed by atoms with E-state index in [0.717, 1.165) is 29.2 Å².